The van der Waals surface area contributed by atoms with E-state index in [4.69, 9.17) is 15.2 Å². The van der Waals surface area contributed by atoms with E-state index in [9.17, 15) is 4.79 Å². The molecule has 0 aromatic heterocycles. The molecule has 1 aliphatic rings. The zero-order valence-corrected chi connectivity index (χ0v) is 11.3. The number of methoxy groups -OCH3 is 1. The quantitative estimate of drug-likeness (QED) is 0.817. The lowest BCUT2D eigenvalue weighted by Gasteiger charge is -2.45. The number of carbonyl (C=O) groups is 1. The van der Waals surface area contributed by atoms with Gasteiger partial charge in [-0.2, -0.15) is 0 Å². The fourth-order valence-electron chi connectivity index (χ4n) is 2.39. The molecule has 0 saturated heterocycles. The smallest absolute Gasteiger partial charge is 0.243 e. The number of nitrogens with one attached hydrogen (secondary N) is 1. The van der Waals surface area contributed by atoms with Crippen molar-refractivity contribution in [2.45, 2.75) is 31.4 Å². The molecular formula is C14H20N2O3. The van der Waals surface area contributed by atoms with Gasteiger partial charge in [-0.05, 0) is 31.2 Å². The van der Waals surface area contributed by atoms with Gasteiger partial charge in [0.05, 0.1) is 13.2 Å². The van der Waals surface area contributed by atoms with Gasteiger partial charge in [0.1, 0.15) is 11.3 Å². The van der Waals surface area contributed by atoms with Gasteiger partial charge in [0.15, 0.2) is 0 Å². The van der Waals surface area contributed by atoms with Crippen LogP contribution in [0.5, 0.6) is 5.75 Å². The number of anilines is 1. The summed E-state index contributed by atoms with van der Waals surface area (Å²) >= 11 is 0. The molecule has 3 N–H and O–H groups in total. The third kappa shape index (κ3) is 2.81. The number of primary amides is 1. The first-order chi connectivity index (χ1) is 9.09. The van der Waals surface area contributed by atoms with Crippen LogP contribution in [0.15, 0.2) is 24.3 Å². The molecule has 5 nitrogen and oxygen atoms in total. The van der Waals surface area contributed by atoms with Crippen molar-refractivity contribution in [3.63, 3.8) is 0 Å². The van der Waals surface area contributed by atoms with Crippen LogP contribution >= 0.6 is 0 Å². The predicted molar refractivity (Wildman–Crippen MR) is 73.2 cm³/mol. The first kappa shape index (κ1) is 13.7. The van der Waals surface area contributed by atoms with Gasteiger partial charge in [0, 0.05) is 25.1 Å². The average Bonchev–Trinajstić information content (AvgIpc) is 2.36. The molecule has 19 heavy (non-hydrogen) atoms. The number of nitrogens with two attached hydrogens (primary N) is 1. The van der Waals surface area contributed by atoms with E-state index in [-0.39, 0.29) is 12.0 Å². The van der Waals surface area contributed by atoms with Crippen molar-refractivity contribution in [2.24, 2.45) is 5.73 Å². The van der Waals surface area contributed by atoms with E-state index in [0.29, 0.717) is 19.4 Å². The molecule has 0 spiro atoms. The van der Waals surface area contributed by atoms with Gasteiger partial charge in [-0.25, -0.2) is 0 Å². The van der Waals surface area contributed by atoms with Crippen LogP contribution in [0.3, 0.4) is 0 Å². The SMILES string of the molecule is CCOC1CC(Nc2ccc(OC)cc2)(C(N)=O)C1. The Morgan fingerprint density at radius 2 is 2.05 bits per heavy atom. The zero-order chi connectivity index (χ0) is 13.9. The molecule has 0 unspecified atom stereocenters. The maximum Gasteiger partial charge on any atom is 0.243 e. The third-order valence-electron chi connectivity index (χ3n) is 3.50. The van der Waals surface area contributed by atoms with E-state index in [1.54, 1.807) is 7.11 Å². The van der Waals surface area contributed by atoms with E-state index in [2.05, 4.69) is 5.32 Å². The van der Waals surface area contributed by atoms with Gasteiger partial charge in [-0.15, -0.1) is 0 Å². The highest BCUT2D eigenvalue weighted by atomic mass is 16.5. The number of benzene rings is 1. The molecule has 1 aliphatic carbocycles. The van der Waals surface area contributed by atoms with E-state index in [1.807, 2.05) is 31.2 Å². The Morgan fingerprint density at radius 1 is 1.42 bits per heavy atom. The average molecular weight is 264 g/mol. The second-order valence-corrected chi connectivity index (χ2v) is 4.79. The van der Waals surface area contributed by atoms with Crippen molar-refractivity contribution in [3.8, 4) is 5.75 Å². The Morgan fingerprint density at radius 3 is 2.53 bits per heavy atom. The molecule has 104 valence electrons. The molecule has 2 rings (SSSR count). The summed E-state index contributed by atoms with van der Waals surface area (Å²) < 4.78 is 10.6. The second-order valence-electron chi connectivity index (χ2n) is 4.79. The van der Waals surface area contributed by atoms with Crippen molar-refractivity contribution in [1.82, 2.24) is 0 Å². The standard InChI is InChI=1S/C14H20N2O3/c1-3-19-12-8-14(9-12,13(15)17)16-10-4-6-11(18-2)7-5-10/h4-7,12,16H,3,8-9H2,1-2H3,(H2,15,17). The molecule has 1 fully saturated rings. The van der Waals surface area contributed by atoms with E-state index >= 15 is 0 Å². The molecule has 1 aromatic carbocycles. The number of amides is 1. The number of ether oxygens (including phenoxy) is 2. The number of hydrogen-bond donors (Lipinski definition) is 2. The van der Waals surface area contributed by atoms with Crippen LogP contribution in [-0.2, 0) is 9.53 Å². The molecule has 0 bridgehead atoms. The van der Waals surface area contributed by atoms with Gasteiger partial charge in [-0.1, -0.05) is 0 Å². The van der Waals surface area contributed by atoms with Crippen molar-refractivity contribution in [3.05, 3.63) is 24.3 Å². The van der Waals surface area contributed by atoms with Crippen molar-refractivity contribution < 1.29 is 14.3 Å². The highest BCUT2D eigenvalue weighted by molar-refractivity contribution is 5.89. The Bertz CT molecular complexity index is 439. The fourth-order valence-corrected chi connectivity index (χ4v) is 2.39. The Kier molecular flexibility index (Phi) is 3.95. The fraction of sp³-hybridized carbons (Fsp3) is 0.500. The predicted octanol–water partition coefficient (Wildman–Crippen LogP) is 1.53. The lowest BCUT2D eigenvalue weighted by molar-refractivity contribution is -0.131. The topological polar surface area (TPSA) is 73.6 Å². The molecule has 1 amide bonds. The van der Waals surface area contributed by atoms with Gasteiger partial charge in [0.25, 0.3) is 0 Å². The molecule has 0 atom stereocenters. The van der Waals surface area contributed by atoms with Crippen LogP contribution in [0.2, 0.25) is 0 Å². The highest BCUT2D eigenvalue weighted by Gasteiger charge is 2.49. The van der Waals surface area contributed by atoms with Crippen LogP contribution in [0.1, 0.15) is 19.8 Å². The Labute approximate surface area is 113 Å². The van der Waals surface area contributed by atoms with Gasteiger partial charge in [-0.3, -0.25) is 4.79 Å². The maximum absolute atomic E-state index is 11.7. The van der Waals surface area contributed by atoms with E-state index in [0.717, 1.165) is 11.4 Å². The van der Waals surface area contributed by atoms with Crippen LogP contribution in [-0.4, -0.2) is 31.3 Å². The summed E-state index contributed by atoms with van der Waals surface area (Å²) in [6.07, 6.45) is 1.34. The van der Waals surface area contributed by atoms with Gasteiger partial charge >= 0.3 is 0 Å². The Hall–Kier alpha value is -1.75. The molecule has 0 radical (unpaired) electrons. The minimum Gasteiger partial charge on any atom is -0.497 e. The molecule has 1 saturated carbocycles. The summed E-state index contributed by atoms with van der Waals surface area (Å²) in [5, 5.41) is 3.22. The van der Waals surface area contributed by atoms with Crippen molar-refractivity contribution >= 4 is 11.6 Å². The second kappa shape index (κ2) is 5.48. The van der Waals surface area contributed by atoms with Crippen LogP contribution in [0, 0.1) is 0 Å². The largest absolute Gasteiger partial charge is 0.497 e. The van der Waals surface area contributed by atoms with Crippen LogP contribution in [0.25, 0.3) is 0 Å². The first-order valence-corrected chi connectivity index (χ1v) is 6.43. The molecule has 0 aliphatic heterocycles. The van der Waals surface area contributed by atoms with E-state index in [1.165, 1.54) is 0 Å². The van der Waals surface area contributed by atoms with Gasteiger partial charge in [0.2, 0.25) is 5.91 Å². The van der Waals surface area contributed by atoms with Crippen molar-refractivity contribution in [1.29, 1.82) is 0 Å². The lowest BCUT2D eigenvalue weighted by Crippen LogP contribution is -2.61. The molecule has 5 heteroatoms. The summed E-state index contributed by atoms with van der Waals surface area (Å²) in [6.45, 7) is 2.60. The monoisotopic (exact) mass is 264 g/mol. The summed E-state index contributed by atoms with van der Waals surface area (Å²) in [4.78, 5) is 11.7. The Balaban J connectivity index is 2.03. The number of rotatable bonds is 6. The van der Waals surface area contributed by atoms with Crippen LogP contribution < -0.4 is 15.8 Å². The minimum atomic E-state index is -0.686. The lowest BCUT2D eigenvalue weighted by atomic mass is 9.73. The minimum absolute atomic E-state index is 0.114. The molecule has 0 heterocycles. The van der Waals surface area contributed by atoms with Gasteiger partial charge < -0.3 is 20.5 Å². The summed E-state index contributed by atoms with van der Waals surface area (Å²) in [6, 6.07) is 7.43. The zero-order valence-electron chi connectivity index (χ0n) is 11.3. The van der Waals surface area contributed by atoms with E-state index < -0.39 is 5.54 Å². The highest BCUT2D eigenvalue weighted by Crippen LogP contribution is 2.37. The first-order valence-electron chi connectivity index (χ1n) is 6.43. The normalized spacial score (nSPS) is 25.5. The maximum atomic E-state index is 11.7. The molecule has 1 aromatic rings. The summed E-state index contributed by atoms with van der Waals surface area (Å²) in [7, 11) is 1.62. The van der Waals surface area contributed by atoms with Crippen LogP contribution in [0.4, 0.5) is 5.69 Å². The third-order valence-corrected chi connectivity index (χ3v) is 3.50. The number of hydrogen-bond acceptors (Lipinski definition) is 4. The van der Waals surface area contributed by atoms with Crippen molar-refractivity contribution in [2.75, 3.05) is 19.0 Å². The summed E-state index contributed by atoms with van der Waals surface area (Å²) in [5.74, 6) is 0.443. The summed E-state index contributed by atoms with van der Waals surface area (Å²) in [5.41, 5.74) is 5.68. The number of carbonyl (C=O) groups excluding carboxylic acids is 1. The molecular weight excluding hydrogens is 244 g/mol.